The van der Waals surface area contributed by atoms with E-state index < -0.39 is 11.7 Å². The Morgan fingerprint density at radius 1 is 0.964 bits per heavy atom. The molecule has 2 aromatic carbocycles. The number of alkyl halides is 3. The van der Waals surface area contributed by atoms with Crippen LogP contribution in [0.3, 0.4) is 0 Å². The van der Waals surface area contributed by atoms with Crippen molar-refractivity contribution in [2.24, 2.45) is 0 Å². The average Bonchev–Trinajstić information content (AvgIpc) is 3.09. The van der Waals surface area contributed by atoms with Gasteiger partial charge in [0.25, 0.3) is 0 Å². The summed E-state index contributed by atoms with van der Waals surface area (Å²) in [5, 5.41) is 2.65. The zero-order valence-electron chi connectivity index (χ0n) is 15.0. The van der Waals surface area contributed by atoms with Gasteiger partial charge in [-0.05, 0) is 48.7 Å². The van der Waals surface area contributed by atoms with Gasteiger partial charge in [0.15, 0.2) is 0 Å². The molecule has 0 saturated carbocycles. The third-order valence-electron chi connectivity index (χ3n) is 4.53. The van der Waals surface area contributed by atoms with Crippen molar-refractivity contribution < 1.29 is 17.9 Å². The molecular formula is C21H15F3N2OS. The molecule has 2 aromatic heterocycles. The molecule has 0 fully saturated rings. The number of ether oxygens (including phenoxy) is 1. The number of aryl methyl sites for hydroxylation is 2. The molecule has 0 aliphatic rings. The van der Waals surface area contributed by atoms with Crippen molar-refractivity contribution in [2.75, 3.05) is 0 Å². The number of hydrogen-bond donors (Lipinski definition) is 0. The number of nitrogens with zero attached hydrogens (tertiary/aromatic N) is 2. The number of rotatable bonds is 3. The number of aromatic nitrogens is 2. The van der Waals surface area contributed by atoms with Gasteiger partial charge in [0.2, 0.25) is 5.88 Å². The van der Waals surface area contributed by atoms with Gasteiger partial charge in [-0.1, -0.05) is 24.3 Å². The minimum absolute atomic E-state index is 0.0760. The Bertz CT molecular complexity index is 1170. The molecule has 2 heterocycles. The Morgan fingerprint density at radius 3 is 2.54 bits per heavy atom. The summed E-state index contributed by atoms with van der Waals surface area (Å²) in [5.74, 6) is 0.311. The van der Waals surface area contributed by atoms with Crippen LogP contribution in [-0.2, 0) is 6.18 Å². The van der Waals surface area contributed by atoms with Crippen LogP contribution in [0.5, 0.6) is 11.6 Å². The summed E-state index contributed by atoms with van der Waals surface area (Å²) in [6, 6.07) is 10.9. The highest BCUT2D eigenvalue weighted by atomic mass is 32.1. The molecule has 0 aliphatic heterocycles. The van der Waals surface area contributed by atoms with Crippen LogP contribution in [0.25, 0.3) is 21.3 Å². The summed E-state index contributed by atoms with van der Waals surface area (Å²) < 4.78 is 44.7. The summed E-state index contributed by atoms with van der Waals surface area (Å²) in [7, 11) is 0. The summed E-state index contributed by atoms with van der Waals surface area (Å²) in [4.78, 5) is 9.17. The molecule has 0 amide bonds. The maximum atomic E-state index is 13.0. The first-order valence-electron chi connectivity index (χ1n) is 8.48. The van der Waals surface area contributed by atoms with Crippen LogP contribution >= 0.6 is 11.3 Å². The highest BCUT2D eigenvalue weighted by molar-refractivity contribution is 7.17. The van der Waals surface area contributed by atoms with E-state index in [1.54, 1.807) is 0 Å². The van der Waals surface area contributed by atoms with E-state index in [1.165, 1.54) is 35.4 Å². The molecule has 142 valence electrons. The lowest BCUT2D eigenvalue weighted by Crippen LogP contribution is -2.04. The Labute approximate surface area is 163 Å². The Kier molecular flexibility index (Phi) is 4.55. The lowest BCUT2D eigenvalue weighted by atomic mass is 10.0. The van der Waals surface area contributed by atoms with Gasteiger partial charge in [-0.2, -0.15) is 13.2 Å². The molecule has 4 rings (SSSR count). The maximum Gasteiger partial charge on any atom is 0.416 e. The number of hydrogen-bond acceptors (Lipinski definition) is 4. The van der Waals surface area contributed by atoms with Gasteiger partial charge < -0.3 is 4.74 Å². The van der Waals surface area contributed by atoms with Crippen molar-refractivity contribution >= 4 is 21.6 Å². The monoisotopic (exact) mass is 400 g/mol. The number of halogens is 3. The van der Waals surface area contributed by atoms with E-state index in [1.807, 2.05) is 31.4 Å². The van der Waals surface area contributed by atoms with Crippen LogP contribution in [0.15, 0.2) is 54.2 Å². The van der Waals surface area contributed by atoms with Gasteiger partial charge >= 0.3 is 6.18 Å². The molecular weight excluding hydrogens is 385 g/mol. The van der Waals surface area contributed by atoms with Crippen LogP contribution in [0.2, 0.25) is 0 Å². The van der Waals surface area contributed by atoms with E-state index in [9.17, 15) is 13.2 Å². The van der Waals surface area contributed by atoms with Crippen molar-refractivity contribution in [3.8, 4) is 22.8 Å². The van der Waals surface area contributed by atoms with Gasteiger partial charge in [0.1, 0.15) is 16.9 Å². The van der Waals surface area contributed by atoms with E-state index in [4.69, 9.17) is 4.74 Å². The van der Waals surface area contributed by atoms with Crippen molar-refractivity contribution in [2.45, 2.75) is 20.0 Å². The predicted molar refractivity (Wildman–Crippen MR) is 104 cm³/mol. The van der Waals surface area contributed by atoms with Crippen LogP contribution in [0.4, 0.5) is 13.2 Å². The third kappa shape index (κ3) is 3.45. The molecule has 0 radical (unpaired) electrons. The molecule has 3 nitrogen and oxygen atoms in total. The maximum absolute atomic E-state index is 13.0. The first-order valence-corrected chi connectivity index (χ1v) is 9.36. The molecule has 0 saturated heterocycles. The van der Waals surface area contributed by atoms with E-state index in [0.29, 0.717) is 10.2 Å². The smallest absolute Gasteiger partial charge is 0.416 e. The van der Waals surface area contributed by atoms with Gasteiger partial charge in [-0.25, -0.2) is 9.97 Å². The summed E-state index contributed by atoms with van der Waals surface area (Å²) in [5.41, 5.74) is 3.44. The molecule has 0 unspecified atom stereocenters. The Hall–Kier alpha value is -2.93. The fraction of sp³-hybridized carbons (Fsp3) is 0.143. The van der Waals surface area contributed by atoms with Crippen molar-refractivity contribution in [1.82, 2.24) is 9.97 Å². The first kappa shape index (κ1) is 18.4. The predicted octanol–water partition coefficient (Wildman–Crippen LogP) is 6.79. The second-order valence-electron chi connectivity index (χ2n) is 6.44. The zero-order valence-corrected chi connectivity index (χ0v) is 15.9. The largest absolute Gasteiger partial charge is 0.438 e. The fourth-order valence-corrected chi connectivity index (χ4v) is 3.80. The zero-order chi connectivity index (χ0) is 19.9. The molecule has 0 bridgehead atoms. The molecule has 0 atom stereocenters. The molecule has 0 N–H and O–H groups in total. The summed E-state index contributed by atoms with van der Waals surface area (Å²) in [6.07, 6.45) is -3.08. The van der Waals surface area contributed by atoms with Gasteiger partial charge in [0.05, 0.1) is 10.9 Å². The van der Waals surface area contributed by atoms with E-state index in [-0.39, 0.29) is 11.6 Å². The summed E-state index contributed by atoms with van der Waals surface area (Å²) >= 11 is 1.44. The lowest BCUT2D eigenvalue weighted by molar-refractivity contribution is -0.137. The number of thiophene rings is 1. The van der Waals surface area contributed by atoms with Crippen molar-refractivity contribution in [1.29, 1.82) is 0 Å². The van der Waals surface area contributed by atoms with Gasteiger partial charge in [0, 0.05) is 10.9 Å². The summed E-state index contributed by atoms with van der Waals surface area (Å²) in [6.45, 7) is 4.07. The molecule has 4 aromatic rings. The Morgan fingerprint density at radius 2 is 1.79 bits per heavy atom. The van der Waals surface area contributed by atoms with Crippen LogP contribution in [0.1, 0.15) is 16.7 Å². The SMILES string of the molecule is Cc1ccc(-c2csc3ncnc(Oc4cccc(C(F)(F)F)c4)c23)cc1C. The third-order valence-corrected chi connectivity index (χ3v) is 5.42. The lowest BCUT2D eigenvalue weighted by Gasteiger charge is -2.11. The van der Waals surface area contributed by atoms with Crippen molar-refractivity contribution in [3.63, 3.8) is 0 Å². The Balaban J connectivity index is 1.80. The molecule has 7 heteroatoms. The quantitative estimate of drug-likeness (QED) is 0.380. The van der Waals surface area contributed by atoms with Crippen LogP contribution < -0.4 is 4.74 Å². The van der Waals surface area contributed by atoms with Crippen molar-refractivity contribution in [3.05, 3.63) is 70.9 Å². The minimum atomic E-state index is -4.44. The topological polar surface area (TPSA) is 35.0 Å². The number of fused-ring (bicyclic) bond motifs is 1. The number of benzene rings is 2. The van der Waals surface area contributed by atoms with Gasteiger partial charge in [-0.15, -0.1) is 11.3 Å². The standard InChI is InChI=1S/C21H15F3N2OS/c1-12-6-7-14(8-13(12)2)17-10-28-20-18(17)19(25-11-26-20)27-16-5-3-4-15(9-16)21(22,23)24/h3-11H,1-2H3. The molecule has 28 heavy (non-hydrogen) atoms. The molecule has 0 aliphatic carbocycles. The van der Waals surface area contributed by atoms with E-state index in [0.717, 1.165) is 28.8 Å². The fourth-order valence-electron chi connectivity index (χ4n) is 2.89. The normalized spacial score (nSPS) is 11.8. The van der Waals surface area contributed by atoms with E-state index in [2.05, 4.69) is 16.0 Å². The van der Waals surface area contributed by atoms with Gasteiger partial charge in [-0.3, -0.25) is 0 Å². The van der Waals surface area contributed by atoms with Crippen LogP contribution in [-0.4, -0.2) is 9.97 Å². The second kappa shape index (κ2) is 6.91. The minimum Gasteiger partial charge on any atom is -0.438 e. The second-order valence-corrected chi connectivity index (χ2v) is 7.29. The molecule has 0 spiro atoms. The average molecular weight is 400 g/mol. The van der Waals surface area contributed by atoms with E-state index >= 15 is 0 Å². The first-order chi connectivity index (χ1) is 13.3. The highest BCUT2D eigenvalue weighted by Gasteiger charge is 2.30. The van der Waals surface area contributed by atoms with Crippen LogP contribution in [0, 0.1) is 13.8 Å². The highest BCUT2D eigenvalue weighted by Crippen LogP contribution is 2.40.